The molecule has 29 heavy (non-hydrogen) atoms. The fourth-order valence-corrected chi connectivity index (χ4v) is 2.82. The van der Waals surface area contributed by atoms with Gasteiger partial charge in [-0.3, -0.25) is 14.9 Å². The number of hydrogen-bond donors (Lipinski definition) is 1. The minimum Gasteiger partial charge on any atom is -0.436 e. The first-order valence-corrected chi connectivity index (χ1v) is 8.78. The summed E-state index contributed by atoms with van der Waals surface area (Å²) in [5, 5.41) is 13.6. The zero-order valence-electron chi connectivity index (χ0n) is 15.1. The lowest BCUT2D eigenvalue weighted by atomic mass is 10.2. The van der Waals surface area contributed by atoms with E-state index in [0.29, 0.717) is 22.7 Å². The average Bonchev–Trinajstić information content (AvgIpc) is 3.17. The second kappa shape index (κ2) is 7.77. The van der Waals surface area contributed by atoms with Gasteiger partial charge in [0.1, 0.15) is 5.52 Å². The standard InChI is InChI=1S/C22H15N3O4/c26-21(12-11-15-5-3-8-18(13-15)25(27)28)23-17-7-4-6-16(14-17)22-24-19-9-1-2-10-20(19)29-22/h1-14H,(H,23,26). The van der Waals surface area contributed by atoms with Crippen molar-refractivity contribution in [3.05, 3.63) is 94.6 Å². The van der Waals surface area contributed by atoms with E-state index in [1.165, 1.54) is 24.3 Å². The van der Waals surface area contributed by atoms with Crippen LogP contribution in [0.3, 0.4) is 0 Å². The number of amides is 1. The van der Waals surface area contributed by atoms with E-state index in [4.69, 9.17) is 4.42 Å². The highest BCUT2D eigenvalue weighted by atomic mass is 16.6. The van der Waals surface area contributed by atoms with Crippen molar-refractivity contribution in [2.24, 2.45) is 0 Å². The quantitative estimate of drug-likeness (QED) is 0.294. The van der Waals surface area contributed by atoms with Crippen LogP contribution in [0.25, 0.3) is 28.6 Å². The Morgan fingerprint density at radius 3 is 2.69 bits per heavy atom. The number of fused-ring (bicyclic) bond motifs is 1. The monoisotopic (exact) mass is 385 g/mol. The van der Waals surface area contributed by atoms with E-state index in [2.05, 4.69) is 10.3 Å². The number of benzene rings is 3. The van der Waals surface area contributed by atoms with Crippen LogP contribution in [-0.4, -0.2) is 15.8 Å². The van der Waals surface area contributed by atoms with Crippen molar-refractivity contribution in [1.82, 2.24) is 4.98 Å². The fraction of sp³-hybridized carbons (Fsp3) is 0. The van der Waals surface area contributed by atoms with Crippen molar-refractivity contribution < 1.29 is 14.1 Å². The zero-order chi connectivity index (χ0) is 20.2. The van der Waals surface area contributed by atoms with Crippen molar-refractivity contribution in [3.8, 4) is 11.5 Å². The molecule has 3 aromatic carbocycles. The summed E-state index contributed by atoms with van der Waals surface area (Å²) >= 11 is 0. The third-order valence-corrected chi connectivity index (χ3v) is 4.18. The molecule has 0 atom stereocenters. The van der Waals surface area contributed by atoms with Gasteiger partial charge >= 0.3 is 0 Å². The Kier molecular flexibility index (Phi) is 4.86. The number of carbonyl (C=O) groups excluding carboxylic acids is 1. The molecule has 0 fully saturated rings. The Morgan fingerprint density at radius 2 is 1.86 bits per heavy atom. The van der Waals surface area contributed by atoms with E-state index in [1.54, 1.807) is 30.3 Å². The Bertz CT molecular complexity index is 1210. The molecular weight excluding hydrogens is 370 g/mol. The molecule has 0 spiro atoms. The van der Waals surface area contributed by atoms with E-state index in [9.17, 15) is 14.9 Å². The normalized spacial score (nSPS) is 11.0. The van der Waals surface area contributed by atoms with E-state index in [0.717, 1.165) is 11.1 Å². The van der Waals surface area contributed by atoms with Crippen molar-refractivity contribution in [3.63, 3.8) is 0 Å². The van der Waals surface area contributed by atoms with Crippen molar-refractivity contribution in [1.29, 1.82) is 0 Å². The molecule has 0 aliphatic carbocycles. The van der Waals surface area contributed by atoms with Gasteiger partial charge in [0.15, 0.2) is 5.58 Å². The number of nitro groups is 1. The molecule has 4 aromatic rings. The second-order valence-electron chi connectivity index (χ2n) is 6.24. The van der Waals surface area contributed by atoms with E-state index in [1.807, 2.05) is 30.3 Å². The van der Waals surface area contributed by atoms with Gasteiger partial charge in [-0.15, -0.1) is 0 Å². The number of non-ortho nitro benzene ring substituents is 1. The molecule has 0 bridgehead atoms. The second-order valence-corrected chi connectivity index (χ2v) is 6.24. The highest BCUT2D eigenvalue weighted by Gasteiger charge is 2.09. The maximum Gasteiger partial charge on any atom is 0.270 e. The summed E-state index contributed by atoms with van der Waals surface area (Å²) in [4.78, 5) is 27.0. The van der Waals surface area contributed by atoms with Gasteiger partial charge in [0.25, 0.3) is 5.69 Å². The number of anilines is 1. The number of nitrogens with one attached hydrogen (secondary N) is 1. The molecule has 1 aromatic heterocycles. The number of nitro benzene ring substituents is 1. The lowest BCUT2D eigenvalue weighted by molar-refractivity contribution is -0.384. The van der Waals surface area contributed by atoms with Crippen LogP contribution in [0.15, 0.2) is 83.3 Å². The predicted octanol–water partition coefficient (Wildman–Crippen LogP) is 5.05. The highest BCUT2D eigenvalue weighted by molar-refractivity contribution is 6.02. The molecule has 0 saturated heterocycles. The number of rotatable bonds is 5. The van der Waals surface area contributed by atoms with Gasteiger partial charge in [-0.2, -0.15) is 0 Å². The Labute approximate surface area is 165 Å². The molecule has 1 amide bonds. The summed E-state index contributed by atoms with van der Waals surface area (Å²) in [5.74, 6) is 0.112. The highest BCUT2D eigenvalue weighted by Crippen LogP contribution is 2.26. The third kappa shape index (κ3) is 4.19. The smallest absolute Gasteiger partial charge is 0.270 e. The van der Waals surface area contributed by atoms with Crippen LogP contribution < -0.4 is 5.32 Å². The first kappa shape index (κ1) is 18.1. The van der Waals surface area contributed by atoms with Crippen molar-refractivity contribution in [2.45, 2.75) is 0 Å². The summed E-state index contributed by atoms with van der Waals surface area (Å²) in [5.41, 5.74) is 3.31. The molecule has 0 radical (unpaired) electrons. The molecular formula is C22H15N3O4. The van der Waals surface area contributed by atoms with Crippen LogP contribution in [0.4, 0.5) is 11.4 Å². The molecule has 1 heterocycles. The number of oxazole rings is 1. The molecule has 0 aliphatic heterocycles. The predicted molar refractivity (Wildman–Crippen MR) is 110 cm³/mol. The van der Waals surface area contributed by atoms with Gasteiger partial charge in [0, 0.05) is 29.5 Å². The number of para-hydroxylation sites is 2. The molecule has 142 valence electrons. The van der Waals surface area contributed by atoms with E-state index < -0.39 is 4.92 Å². The first-order valence-electron chi connectivity index (χ1n) is 8.78. The van der Waals surface area contributed by atoms with Gasteiger partial charge in [-0.1, -0.05) is 30.3 Å². The maximum atomic E-state index is 12.2. The van der Waals surface area contributed by atoms with Gasteiger partial charge in [0.05, 0.1) is 4.92 Å². The summed E-state index contributed by atoms with van der Waals surface area (Å²) in [6.45, 7) is 0. The van der Waals surface area contributed by atoms with Crippen LogP contribution in [0.5, 0.6) is 0 Å². The topological polar surface area (TPSA) is 98.3 Å². The van der Waals surface area contributed by atoms with Crippen LogP contribution in [0.1, 0.15) is 5.56 Å². The minimum absolute atomic E-state index is 0.0291. The fourth-order valence-electron chi connectivity index (χ4n) is 2.82. The summed E-state index contributed by atoms with van der Waals surface area (Å²) in [6.07, 6.45) is 2.85. The number of hydrogen-bond acceptors (Lipinski definition) is 5. The molecule has 4 rings (SSSR count). The Hall–Kier alpha value is -4.26. The van der Waals surface area contributed by atoms with Gasteiger partial charge in [-0.25, -0.2) is 4.98 Å². The number of carbonyl (C=O) groups is 1. The van der Waals surface area contributed by atoms with Gasteiger partial charge < -0.3 is 9.73 Å². The summed E-state index contributed by atoms with van der Waals surface area (Å²) < 4.78 is 5.76. The number of nitrogens with zero attached hydrogens (tertiary/aromatic N) is 2. The first-order chi connectivity index (χ1) is 14.1. The number of aromatic nitrogens is 1. The molecule has 0 aliphatic rings. The van der Waals surface area contributed by atoms with E-state index in [-0.39, 0.29) is 11.6 Å². The summed E-state index contributed by atoms with van der Waals surface area (Å²) in [6, 6.07) is 20.7. The van der Waals surface area contributed by atoms with Crippen LogP contribution in [0.2, 0.25) is 0 Å². The largest absolute Gasteiger partial charge is 0.436 e. The lowest BCUT2D eigenvalue weighted by Crippen LogP contribution is -2.07. The van der Waals surface area contributed by atoms with Gasteiger partial charge in [-0.05, 0) is 42.0 Å². The van der Waals surface area contributed by atoms with Crippen LogP contribution in [-0.2, 0) is 4.79 Å². The molecule has 1 N–H and O–H groups in total. The van der Waals surface area contributed by atoms with Crippen molar-refractivity contribution >= 4 is 34.5 Å². The minimum atomic E-state index is -0.477. The molecule has 7 nitrogen and oxygen atoms in total. The third-order valence-electron chi connectivity index (χ3n) is 4.18. The van der Waals surface area contributed by atoms with E-state index >= 15 is 0 Å². The Balaban J connectivity index is 1.49. The molecule has 7 heteroatoms. The summed E-state index contributed by atoms with van der Waals surface area (Å²) in [7, 11) is 0. The van der Waals surface area contributed by atoms with Crippen molar-refractivity contribution in [2.75, 3.05) is 5.32 Å². The maximum absolute atomic E-state index is 12.2. The van der Waals surface area contributed by atoms with Crippen LogP contribution >= 0.6 is 0 Å². The zero-order valence-corrected chi connectivity index (χ0v) is 15.1. The van der Waals surface area contributed by atoms with Crippen LogP contribution in [0, 0.1) is 10.1 Å². The van der Waals surface area contributed by atoms with Gasteiger partial charge in [0.2, 0.25) is 11.8 Å². The Morgan fingerprint density at radius 1 is 1.03 bits per heavy atom. The SMILES string of the molecule is O=C(C=Cc1cccc([N+](=O)[O-])c1)Nc1cccc(-c2nc3ccccc3o2)c1. The molecule has 0 unspecified atom stereocenters. The molecule has 0 saturated carbocycles. The lowest BCUT2D eigenvalue weighted by Gasteiger charge is -2.03. The average molecular weight is 385 g/mol.